The molecule has 2 aliphatic heterocycles. The van der Waals surface area contributed by atoms with Crippen molar-refractivity contribution < 1.29 is 33.4 Å². The average Bonchev–Trinajstić information content (AvgIpc) is 3.24. The Morgan fingerprint density at radius 2 is 1.56 bits per heavy atom. The fraction of sp³-hybridized carbons (Fsp3) is 0.692. The van der Waals surface area contributed by atoms with E-state index in [0.29, 0.717) is 6.42 Å². The van der Waals surface area contributed by atoms with Gasteiger partial charge < -0.3 is 18.9 Å². The van der Waals surface area contributed by atoms with Crippen LogP contribution in [0.2, 0.25) is 0 Å². The first-order chi connectivity index (χ1) is 16.0. The SMILES string of the molecule is CCC1(C)CC2(OC(C(=O)OC)C(C(=O)OC)O2)C(C)C(C)(CC)N1OC(C)c1ccccc1. The summed E-state index contributed by atoms with van der Waals surface area (Å²) in [4.78, 5) is 31.8. The van der Waals surface area contributed by atoms with Crippen LogP contribution >= 0.6 is 0 Å². The second-order valence-corrected chi connectivity index (χ2v) is 9.85. The highest BCUT2D eigenvalue weighted by Gasteiger charge is 2.67. The molecule has 190 valence electrons. The summed E-state index contributed by atoms with van der Waals surface area (Å²) in [6.07, 6.45) is -0.705. The minimum absolute atomic E-state index is 0.171. The second-order valence-electron chi connectivity index (χ2n) is 9.85. The van der Waals surface area contributed by atoms with E-state index in [9.17, 15) is 9.59 Å². The predicted molar refractivity (Wildman–Crippen MR) is 125 cm³/mol. The molecule has 6 unspecified atom stereocenters. The summed E-state index contributed by atoms with van der Waals surface area (Å²) in [7, 11) is 2.53. The van der Waals surface area contributed by atoms with Gasteiger partial charge in [0.05, 0.1) is 19.8 Å². The summed E-state index contributed by atoms with van der Waals surface area (Å²) in [6, 6.07) is 10.1. The fourth-order valence-corrected chi connectivity index (χ4v) is 5.38. The van der Waals surface area contributed by atoms with Crippen molar-refractivity contribution in [3.8, 4) is 0 Å². The quantitative estimate of drug-likeness (QED) is 0.541. The molecular weight excluding hydrogens is 438 g/mol. The van der Waals surface area contributed by atoms with Crippen molar-refractivity contribution in [2.75, 3.05) is 14.2 Å². The van der Waals surface area contributed by atoms with Crippen molar-refractivity contribution in [1.29, 1.82) is 0 Å². The van der Waals surface area contributed by atoms with Crippen molar-refractivity contribution in [3.05, 3.63) is 35.9 Å². The van der Waals surface area contributed by atoms with Gasteiger partial charge >= 0.3 is 11.9 Å². The van der Waals surface area contributed by atoms with Crippen molar-refractivity contribution in [3.63, 3.8) is 0 Å². The number of esters is 2. The van der Waals surface area contributed by atoms with E-state index < -0.39 is 41.0 Å². The van der Waals surface area contributed by atoms with Gasteiger partial charge in [-0.1, -0.05) is 51.1 Å². The summed E-state index contributed by atoms with van der Waals surface area (Å²) >= 11 is 0. The first kappa shape index (κ1) is 26.6. The third kappa shape index (κ3) is 4.37. The van der Waals surface area contributed by atoms with Crippen LogP contribution in [0.1, 0.15) is 72.5 Å². The van der Waals surface area contributed by atoms with Gasteiger partial charge in [-0.05, 0) is 39.2 Å². The summed E-state index contributed by atoms with van der Waals surface area (Å²) in [5.74, 6) is -2.77. The minimum Gasteiger partial charge on any atom is -0.467 e. The Morgan fingerprint density at radius 1 is 1.03 bits per heavy atom. The van der Waals surface area contributed by atoms with E-state index in [4.69, 9.17) is 23.8 Å². The number of piperidine rings is 1. The van der Waals surface area contributed by atoms with Gasteiger partial charge in [0.2, 0.25) is 0 Å². The summed E-state index contributed by atoms with van der Waals surface area (Å²) in [5, 5.41) is 2.11. The van der Waals surface area contributed by atoms with Crippen molar-refractivity contribution in [2.24, 2.45) is 5.92 Å². The van der Waals surface area contributed by atoms with Crippen LogP contribution in [-0.2, 0) is 33.4 Å². The summed E-state index contributed by atoms with van der Waals surface area (Å²) in [5.41, 5.74) is 0.0428. The monoisotopic (exact) mass is 477 g/mol. The molecule has 1 spiro atoms. The number of hydrogen-bond acceptors (Lipinski definition) is 8. The van der Waals surface area contributed by atoms with Gasteiger partial charge in [-0.15, -0.1) is 0 Å². The van der Waals surface area contributed by atoms with E-state index in [2.05, 4.69) is 44.9 Å². The Morgan fingerprint density at radius 3 is 2.00 bits per heavy atom. The minimum atomic E-state index is -1.20. The van der Waals surface area contributed by atoms with Crippen LogP contribution in [0, 0.1) is 5.92 Å². The fourth-order valence-electron chi connectivity index (χ4n) is 5.38. The zero-order valence-electron chi connectivity index (χ0n) is 21.6. The molecule has 0 aromatic heterocycles. The Bertz CT molecular complexity index is 853. The molecule has 34 heavy (non-hydrogen) atoms. The maximum atomic E-state index is 12.5. The van der Waals surface area contributed by atoms with E-state index in [-0.39, 0.29) is 12.0 Å². The molecule has 0 saturated carbocycles. The molecule has 2 saturated heterocycles. The van der Waals surface area contributed by atoms with Crippen molar-refractivity contribution in [2.45, 2.75) is 96.0 Å². The third-order valence-electron chi connectivity index (χ3n) is 7.98. The first-order valence-electron chi connectivity index (χ1n) is 12.0. The largest absolute Gasteiger partial charge is 0.467 e. The lowest BCUT2D eigenvalue weighted by Gasteiger charge is -2.62. The van der Waals surface area contributed by atoms with Crippen LogP contribution in [-0.4, -0.2) is 60.3 Å². The first-order valence-corrected chi connectivity index (χ1v) is 12.0. The van der Waals surface area contributed by atoms with Crippen LogP contribution in [0.25, 0.3) is 0 Å². The maximum Gasteiger partial charge on any atom is 0.338 e. The van der Waals surface area contributed by atoms with E-state index in [1.165, 1.54) is 14.2 Å². The molecular formula is C26H39NO7. The molecule has 2 heterocycles. The van der Waals surface area contributed by atoms with E-state index in [1.54, 1.807) is 0 Å². The number of hydroxylamine groups is 2. The topological polar surface area (TPSA) is 83.5 Å². The Kier molecular flexibility index (Phi) is 7.77. The molecule has 0 bridgehead atoms. The zero-order chi connectivity index (χ0) is 25.3. The molecule has 8 heteroatoms. The lowest BCUT2D eigenvalue weighted by Crippen LogP contribution is -2.71. The molecule has 6 atom stereocenters. The van der Waals surface area contributed by atoms with Crippen molar-refractivity contribution in [1.82, 2.24) is 5.06 Å². The lowest BCUT2D eigenvalue weighted by atomic mass is 9.67. The van der Waals surface area contributed by atoms with Gasteiger partial charge in [-0.2, -0.15) is 5.06 Å². The van der Waals surface area contributed by atoms with Gasteiger partial charge in [-0.25, -0.2) is 9.59 Å². The van der Waals surface area contributed by atoms with Gasteiger partial charge in [0.15, 0.2) is 18.0 Å². The van der Waals surface area contributed by atoms with E-state index in [0.717, 1.165) is 18.4 Å². The predicted octanol–water partition coefficient (Wildman–Crippen LogP) is 4.18. The summed E-state index contributed by atoms with van der Waals surface area (Å²) < 4.78 is 22.5. The van der Waals surface area contributed by atoms with Crippen LogP contribution in [0.5, 0.6) is 0 Å². The highest BCUT2D eigenvalue weighted by molar-refractivity contribution is 5.86. The van der Waals surface area contributed by atoms with Gasteiger partial charge in [0.1, 0.15) is 6.10 Å². The van der Waals surface area contributed by atoms with E-state index in [1.807, 2.05) is 32.0 Å². The standard InChI is InChI=1S/C26H39NO7/c1-9-24(5)16-26(32-20(22(28)30-7)21(33-26)23(29)31-8)18(4)25(6,10-2)27(24)34-17(3)19-14-12-11-13-15-19/h11-15,17-18,20-21H,9-10,16H2,1-8H3. The molecule has 1 aromatic carbocycles. The average molecular weight is 478 g/mol. The van der Waals surface area contributed by atoms with Gasteiger partial charge in [-0.3, -0.25) is 4.84 Å². The number of hydrogen-bond donors (Lipinski definition) is 0. The number of ether oxygens (including phenoxy) is 4. The third-order valence-corrected chi connectivity index (χ3v) is 7.98. The maximum absolute atomic E-state index is 12.5. The molecule has 2 fully saturated rings. The molecule has 0 amide bonds. The molecule has 0 N–H and O–H groups in total. The Hall–Kier alpha value is -2.00. The molecule has 2 aliphatic rings. The van der Waals surface area contributed by atoms with Crippen LogP contribution in [0.15, 0.2) is 30.3 Å². The van der Waals surface area contributed by atoms with E-state index >= 15 is 0 Å². The highest BCUT2D eigenvalue weighted by Crippen LogP contribution is 2.56. The lowest BCUT2D eigenvalue weighted by molar-refractivity contribution is -0.380. The number of benzene rings is 1. The van der Waals surface area contributed by atoms with Gasteiger partial charge in [0, 0.05) is 17.9 Å². The normalized spacial score (nSPS) is 36.9. The molecule has 1 aromatic rings. The Balaban J connectivity index is 2.02. The number of methoxy groups -OCH3 is 2. The number of carbonyl (C=O) groups is 2. The summed E-state index contributed by atoms with van der Waals surface area (Å²) in [6.45, 7) is 12.5. The van der Waals surface area contributed by atoms with Crippen LogP contribution < -0.4 is 0 Å². The van der Waals surface area contributed by atoms with Crippen LogP contribution in [0.4, 0.5) is 0 Å². The zero-order valence-corrected chi connectivity index (χ0v) is 21.6. The smallest absolute Gasteiger partial charge is 0.338 e. The molecule has 3 rings (SSSR count). The van der Waals surface area contributed by atoms with Crippen LogP contribution in [0.3, 0.4) is 0 Å². The highest BCUT2D eigenvalue weighted by atomic mass is 16.8. The molecule has 0 radical (unpaired) electrons. The molecule has 0 aliphatic carbocycles. The molecule has 8 nitrogen and oxygen atoms in total. The number of rotatable bonds is 7. The number of nitrogens with zero attached hydrogens (tertiary/aromatic N) is 1. The van der Waals surface area contributed by atoms with Crippen molar-refractivity contribution >= 4 is 11.9 Å². The Labute approximate surface area is 202 Å². The number of carbonyl (C=O) groups excluding carboxylic acids is 2. The van der Waals surface area contributed by atoms with Gasteiger partial charge in [0.25, 0.3) is 0 Å². The second kappa shape index (κ2) is 9.93.